The molecule has 0 radical (unpaired) electrons. The Morgan fingerprint density at radius 3 is 2.34 bits per heavy atom. The predicted octanol–water partition coefficient (Wildman–Crippen LogP) is 2.23. The van der Waals surface area contributed by atoms with Crippen LogP contribution in [-0.2, 0) is 14.8 Å². The van der Waals surface area contributed by atoms with Gasteiger partial charge in [-0.2, -0.15) is 4.31 Å². The second kappa shape index (κ2) is 9.41. The molecule has 0 N–H and O–H groups in total. The van der Waals surface area contributed by atoms with E-state index in [0.29, 0.717) is 37.6 Å². The van der Waals surface area contributed by atoms with Crippen LogP contribution in [0.2, 0.25) is 0 Å². The zero-order valence-corrected chi connectivity index (χ0v) is 18.4. The fourth-order valence-electron chi connectivity index (χ4n) is 3.45. The van der Waals surface area contributed by atoms with E-state index >= 15 is 0 Å². The van der Waals surface area contributed by atoms with Gasteiger partial charge in [0.1, 0.15) is 0 Å². The first-order valence-electron chi connectivity index (χ1n) is 10.3. The molecule has 1 fully saturated rings. The molecule has 4 rings (SSSR count). The minimum atomic E-state index is -3.65. The van der Waals surface area contributed by atoms with Gasteiger partial charge < -0.3 is 9.64 Å². The van der Waals surface area contributed by atoms with Crippen molar-refractivity contribution in [2.24, 2.45) is 0 Å². The van der Waals surface area contributed by atoms with E-state index in [-0.39, 0.29) is 11.5 Å². The van der Waals surface area contributed by atoms with Crippen LogP contribution in [0.15, 0.2) is 65.8 Å². The Labute approximate surface area is 186 Å². The monoisotopic (exact) mass is 453 g/mol. The van der Waals surface area contributed by atoms with Gasteiger partial charge in [-0.25, -0.2) is 13.2 Å². The smallest absolute Gasteiger partial charge is 0.338 e. The molecule has 1 aromatic carbocycles. The number of esters is 1. The third-order valence-electron chi connectivity index (χ3n) is 5.17. The van der Waals surface area contributed by atoms with Crippen LogP contribution >= 0.6 is 0 Å². The lowest BCUT2D eigenvalue weighted by Crippen LogP contribution is -2.49. The second-order valence-corrected chi connectivity index (χ2v) is 9.09. The number of benzene rings is 1. The third kappa shape index (κ3) is 4.61. The summed E-state index contributed by atoms with van der Waals surface area (Å²) in [6.45, 7) is 3.64. The first-order chi connectivity index (χ1) is 15.5. The van der Waals surface area contributed by atoms with Crippen molar-refractivity contribution in [3.8, 4) is 11.3 Å². The molecule has 9 nitrogen and oxygen atoms in total. The number of aromatic nitrogens is 3. The van der Waals surface area contributed by atoms with E-state index < -0.39 is 16.0 Å². The van der Waals surface area contributed by atoms with Crippen molar-refractivity contribution in [1.82, 2.24) is 19.5 Å². The van der Waals surface area contributed by atoms with Gasteiger partial charge in [0.05, 0.1) is 22.8 Å². The lowest BCUT2D eigenvalue weighted by atomic mass is 10.2. The standard InChI is InChI=1S/C22H23N5O4S/c1-2-31-22(28)17-5-7-19(8-6-17)32(29,30)27-14-12-26(13-15-27)21-10-9-20(24-25-21)18-4-3-11-23-16-18/h3-11,16H,2,12-15H2,1H3. The average molecular weight is 454 g/mol. The Kier molecular flexibility index (Phi) is 6.42. The normalized spacial score (nSPS) is 14.8. The minimum Gasteiger partial charge on any atom is -0.462 e. The highest BCUT2D eigenvalue weighted by Crippen LogP contribution is 2.22. The Balaban J connectivity index is 1.40. The molecule has 10 heteroatoms. The van der Waals surface area contributed by atoms with Crippen LogP contribution in [0.4, 0.5) is 5.82 Å². The summed E-state index contributed by atoms with van der Waals surface area (Å²) >= 11 is 0. The molecule has 3 aromatic rings. The van der Waals surface area contributed by atoms with E-state index in [1.165, 1.54) is 28.6 Å². The Morgan fingerprint density at radius 2 is 1.75 bits per heavy atom. The van der Waals surface area contributed by atoms with Crippen molar-refractivity contribution in [1.29, 1.82) is 0 Å². The third-order valence-corrected chi connectivity index (χ3v) is 7.09. The van der Waals surface area contributed by atoms with Gasteiger partial charge in [0.25, 0.3) is 0 Å². The SMILES string of the molecule is CCOC(=O)c1ccc(S(=O)(=O)N2CCN(c3ccc(-c4cccnc4)nn3)CC2)cc1. The molecule has 1 saturated heterocycles. The summed E-state index contributed by atoms with van der Waals surface area (Å²) in [6, 6.07) is 13.4. The molecular weight excluding hydrogens is 430 g/mol. The largest absolute Gasteiger partial charge is 0.462 e. The van der Waals surface area contributed by atoms with E-state index in [9.17, 15) is 13.2 Å². The van der Waals surface area contributed by atoms with Crippen molar-refractivity contribution in [3.05, 3.63) is 66.5 Å². The molecule has 3 heterocycles. The Morgan fingerprint density at radius 1 is 1.00 bits per heavy atom. The Bertz CT molecular complexity index is 1160. The van der Waals surface area contributed by atoms with Crippen LogP contribution in [0.5, 0.6) is 0 Å². The van der Waals surface area contributed by atoms with Crippen LogP contribution in [0, 0.1) is 0 Å². The number of carbonyl (C=O) groups is 1. The number of sulfonamides is 1. The van der Waals surface area contributed by atoms with Gasteiger partial charge >= 0.3 is 5.97 Å². The van der Waals surface area contributed by atoms with Crippen LogP contribution in [0.25, 0.3) is 11.3 Å². The summed E-state index contributed by atoms with van der Waals surface area (Å²) in [6.07, 6.45) is 3.43. The molecule has 0 spiro atoms. The van der Waals surface area contributed by atoms with Crippen molar-refractivity contribution in [2.75, 3.05) is 37.7 Å². The van der Waals surface area contributed by atoms with Gasteiger partial charge in [0.2, 0.25) is 10.0 Å². The number of carbonyl (C=O) groups excluding carboxylic acids is 1. The van der Waals surface area contributed by atoms with Gasteiger partial charge in [-0.05, 0) is 55.5 Å². The van der Waals surface area contributed by atoms with E-state index in [1.807, 2.05) is 29.2 Å². The first kappa shape index (κ1) is 21.8. The zero-order chi connectivity index (χ0) is 22.6. The molecule has 0 aliphatic carbocycles. The molecule has 0 amide bonds. The van der Waals surface area contributed by atoms with Crippen molar-refractivity contribution in [2.45, 2.75) is 11.8 Å². The van der Waals surface area contributed by atoms with Crippen LogP contribution in [-0.4, -0.2) is 66.7 Å². The highest BCUT2D eigenvalue weighted by Gasteiger charge is 2.29. The fraction of sp³-hybridized carbons (Fsp3) is 0.273. The maximum atomic E-state index is 13.0. The maximum absolute atomic E-state index is 13.0. The van der Waals surface area contributed by atoms with Gasteiger partial charge in [-0.1, -0.05) is 0 Å². The topological polar surface area (TPSA) is 106 Å². The number of nitrogens with zero attached hydrogens (tertiary/aromatic N) is 5. The van der Waals surface area contributed by atoms with Crippen molar-refractivity contribution >= 4 is 21.8 Å². The van der Waals surface area contributed by atoms with E-state index in [4.69, 9.17) is 4.74 Å². The molecular formula is C22H23N5O4S. The lowest BCUT2D eigenvalue weighted by Gasteiger charge is -2.34. The summed E-state index contributed by atoms with van der Waals surface area (Å²) in [5.41, 5.74) is 1.94. The summed E-state index contributed by atoms with van der Waals surface area (Å²) in [5.74, 6) is 0.231. The second-order valence-electron chi connectivity index (χ2n) is 7.15. The molecule has 166 valence electrons. The number of ether oxygens (including phenoxy) is 1. The molecule has 0 bridgehead atoms. The molecule has 2 aromatic heterocycles. The van der Waals surface area contributed by atoms with E-state index in [0.717, 1.165) is 11.3 Å². The number of rotatable bonds is 6. The maximum Gasteiger partial charge on any atom is 0.338 e. The molecule has 0 atom stereocenters. The molecule has 0 unspecified atom stereocenters. The lowest BCUT2D eigenvalue weighted by molar-refractivity contribution is 0.0526. The molecule has 32 heavy (non-hydrogen) atoms. The zero-order valence-electron chi connectivity index (χ0n) is 17.6. The quantitative estimate of drug-likeness (QED) is 0.523. The minimum absolute atomic E-state index is 0.152. The number of hydrogen-bond acceptors (Lipinski definition) is 8. The predicted molar refractivity (Wildman–Crippen MR) is 119 cm³/mol. The van der Waals surface area contributed by atoms with Crippen LogP contribution in [0.3, 0.4) is 0 Å². The van der Waals surface area contributed by atoms with Gasteiger partial charge in [-0.15, -0.1) is 10.2 Å². The van der Waals surface area contributed by atoms with Crippen LogP contribution in [0.1, 0.15) is 17.3 Å². The number of hydrogen-bond donors (Lipinski definition) is 0. The van der Waals surface area contributed by atoms with E-state index in [1.54, 1.807) is 19.3 Å². The summed E-state index contributed by atoms with van der Waals surface area (Å²) in [5, 5.41) is 8.58. The number of pyridine rings is 1. The summed E-state index contributed by atoms with van der Waals surface area (Å²) in [4.78, 5) is 18.0. The highest BCUT2D eigenvalue weighted by molar-refractivity contribution is 7.89. The van der Waals surface area contributed by atoms with Crippen molar-refractivity contribution < 1.29 is 17.9 Å². The number of anilines is 1. The Hall–Kier alpha value is -3.37. The first-order valence-corrected chi connectivity index (χ1v) is 11.7. The van der Waals surface area contributed by atoms with Gasteiger partial charge in [0, 0.05) is 44.1 Å². The molecule has 0 saturated carbocycles. The molecule has 1 aliphatic rings. The fourth-order valence-corrected chi connectivity index (χ4v) is 4.87. The summed E-state index contributed by atoms with van der Waals surface area (Å²) < 4.78 is 32.4. The van der Waals surface area contributed by atoms with E-state index in [2.05, 4.69) is 15.2 Å². The molecule has 1 aliphatic heterocycles. The van der Waals surface area contributed by atoms with Crippen molar-refractivity contribution in [3.63, 3.8) is 0 Å². The highest BCUT2D eigenvalue weighted by atomic mass is 32.2. The number of piperazine rings is 1. The summed E-state index contributed by atoms with van der Waals surface area (Å²) in [7, 11) is -3.65. The van der Waals surface area contributed by atoms with Gasteiger partial charge in [0.15, 0.2) is 5.82 Å². The average Bonchev–Trinajstić information content (AvgIpc) is 2.85. The van der Waals surface area contributed by atoms with Crippen LogP contribution < -0.4 is 4.90 Å². The van der Waals surface area contributed by atoms with Gasteiger partial charge in [-0.3, -0.25) is 4.98 Å².